The summed E-state index contributed by atoms with van der Waals surface area (Å²) in [6.45, 7) is 2.80. The van der Waals surface area contributed by atoms with E-state index in [-0.39, 0.29) is 6.61 Å². The molecule has 96 valence electrons. The lowest BCUT2D eigenvalue weighted by molar-refractivity contribution is 0.264. The van der Waals surface area contributed by atoms with Crippen molar-refractivity contribution in [2.24, 2.45) is 0 Å². The van der Waals surface area contributed by atoms with Crippen LogP contribution in [0.2, 0.25) is 5.02 Å². The molecule has 1 N–H and O–H groups in total. The number of nitrogens with zero attached hydrogens (tertiary/aromatic N) is 3. The van der Waals surface area contributed by atoms with Gasteiger partial charge in [0.05, 0.1) is 0 Å². The molecule has 0 amide bonds. The van der Waals surface area contributed by atoms with Gasteiger partial charge in [0.2, 0.25) is 0 Å². The van der Waals surface area contributed by atoms with Crippen LogP contribution in [0, 0.1) is 0 Å². The number of hydrogen-bond acceptors (Lipinski definition) is 3. The molecule has 0 aliphatic rings. The fourth-order valence-electron chi connectivity index (χ4n) is 1.91. The van der Waals surface area contributed by atoms with E-state index in [2.05, 4.69) is 17.1 Å². The van der Waals surface area contributed by atoms with Crippen molar-refractivity contribution in [2.45, 2.75) is 32.9 Å². The summed E-state index contributed by atoms with van der Waals surface area (Å²) in [4.78, 5) is 0. The Hall–Kier alpha value is -1.39. The van der Waals surface area contributed by atoms with Crippen molar-refractivity contribution in [1.29, 1.82) is 0 Å². The zero-order valence-electron chi connectivity index (χ0n) is 10.3. The fourth-order valence-corrected chi connectivity index (χ4v) is 2.12. The molecule has 0 spiro atoms. The van der Waals surface area contributed by atoms with E-state index in [9.17, 15) is 5.11 Å². The van der Waals surface area contributed by atoms with E-state index in [4.69, 9.17) is 11.6 Å². The molecule has 1 aromatic heterocycles. The van der Waals surface area contributed by atoms with Gasteiger partial charge in [-0.1, -0.05) is 36.7 Å². The van der Waals surface area contributed by atoms with Crippen LogP contribution in [0.1, 0.15) is 30.6 Å². The first-order valence-corrected chi connectivity index (χ1v) is 6.39. The number of rotatable bonds is 5. The van der Waals surface area contributed by atoms with E-state index < -0.39 is 0 Å². The largest absolute Gasteiger partial charge is 0.388 e. The third-order valence-corrected chi connectivity index (χ3v) is 3.17. The SMILES string of the molecule is CCCn1c(CO)nnc1Cc1ccccc1Cl. The molecule has 0 fully saturated rings. The highest BCUT2D eigenvalue weighted by Crippen LogP contribution is 2.18. The Labute approximate surface area is 111 Å². The Morgan fingerprint density at radius 1 is 1.22 bits per heavy atom. The average molecular weight is 266 g/mol. The second-order valence-electron chi connectivity index (χ2n) is 4.11. The molecule has 5 heteroatoms. The van der Waals surface area contributed by atoms with E-state index in [1.807, 2.05) is 28.8 Å². The predicted octanol–water partition coefficient (Wildman–Crippen LogP) is 2.42. The topological polar surface area (TPSA) is 50.9 Å². The molecule has 2 aromatic rings. The molecule has 4 nitrogen and oxygen atoms in total. The van der Waals surface area contributed by atoms with Crippen molar-refractivity contribution < 1.29 is 5.11 Å². The highest BCUT2D eigenvalue weighted by molar-refractivity contribution is 6.31. The Morgan fingerprint density at radius 3 is 2.61 bits per heavy atom. The quantitative estimate of drug-likeness (QED) is 0.903. The Kier molecular flexibility index (Phi) is 4.33. The van der Waals surface area contributed by atoms with Gasteiger partial charge in [-0.25, -0.2) is 0 Å². The van der Waals surface area contributed by atoms with Gasteiger partial charge in [0, 0.05) is 18.0 Å². The van der Waals surface area contributed by atoms with Crippen LogP contribution in [0.5, 0.6) is 0 Å². The molecule has 18 heavy (non-hydrogen) atoms. The van der Waals surface area contributed by atoms with E-state index in [1.165, 1.54) is 0 Å². The van der Waals surface area contributed by atoms with Gasteiger partial charge in [0.25, 0.3) is 0 Å². The van der Waals surface area contributed by atoms with Crippen LogP contribution in [0.4, 0.5) is 0 Å². The lowest BCUT2D eigenvalue weighted by atomic mass is 10.1. The van der Waals surface area contributed by atoms with Crippen LogP contribution in [-0.2, 0) is 19.6 Å². The van der Waals surface area contributed by atoms with Crippen molar-refractivity contribution >= 4 is 11.6 Å². The summed E-state index contributed by atoms with van der Waals surface area (Å²) in [6, 6.07) is 7.70. The van der Waals surface area contributed by atoms with E-state index >= 15 is 0 Å². The van der Waals surface area contributed by atoms with Gasteiger partial charge in [0.15, 0.2) is 5.82 Å². The molecule has 0 bridgehead atoms. The van der Waals surface area contributed by atoms with E-state index in [0.29, 0.717) is 12.2 Å². The van der Waals surface area contributed by atoms with Crippen LogP contribution < -0.4 is 0 Å². The molecule has 0 radical (unpaired) electrons. The second kappa shape index (κ2) is 5.98. The third-order valence-electron chi connectivity index (χ3n) is 2.80. The molecule has 0 saturated carbocycles. The standard InChI is InChI=1S/C13H16ClN3O/c1-2-7-17-12(15-16-13(17)9-18)8-10-5-3-4-6-11(10)14/h3-6,18H,2,7-9H2,1H3. The lowest BCUT2D eigenvalue weighted by Crippen LogP contribution is -2.08. The second-order valence-corrected chi connectivity index (χ2v) is 4.52. The van der Waals surface area contributed by atoms with Crippen molar-refractivity contribution in [1.82, 2.24) is 14.8 Å². The first-order chi connectivity index (χ1) is 8.76. The minimum Gasteiger partial charge on any atom is -0.388 e. The van der Waals surface area contributed by atoms with E-state index in [1.54, 1.807) is 0 Å². The number of aromatic nitrogens is 3. The molecular weight excluding hydrogens is 250 g/mol. The minimum atomic E-state index is -0.0878. The first kappa shape index (κ1) is 13.1. The first-order valence-electron chi connectivity index (χ1n) is 6.01. The molecule has 0 atom stereocenters. The zero-order valence-corrected chi connectivity index (χ0v) is 11.1. The van der Waals surface area contributed by atoms with Crippen LogP contribution >= 0.6 is 11.6 Å². The average Bonchev–Trinajstić information content (AvgIpc) is 2.75. The van der Waals surface area contributed by atoms with Gasteiger partial charge in [-0.05, 0) is 18.1 Å². The van der Waals surface area contributed by atoms with Gasteiger partial charge in [-0.2, -0.15) is 0 Å². The van der Waals surface area contributed by atoms with Crippen LogP contribution in [-0.4, -0.2) is 19.9 Å². The molecule has 0 aliphatic heterocycles. The summed E-state index contributed by atoms with van der Waals surface area (Å²) in [5.41, 5.74) is 1.02. The zero-order chi connectivity index (χ0) is 13.0. The van der Waals surface area contributed by atoms with Crippen LogP contribution in [0.3, 0.4) is 0 Å². The van der Waals surface area contributed by atoms with Crippen LogP contribution in [0.15, 0.2) is 24.3 Å². The normalized spacial score (nSPS) is 10.8. The van der Waals surface area contributed by atoms with Gasteiger partial charge >= 0.3 is 0 Å². The molecule has 1 aromatic carbocycles. The van der Waals surface area contributed by atoms with Crippen molar-refractivity contribution in [2.75, 3.05) is 0 Å². The molecule has 0 saturated heterocycles. The fraction of sp³-hybridized carbons (Fsp3) is 0.385. The Balaban J connectivity index is 2.29. The third kappa shape index (κ3) is 2.71. The Morgan fingerprint density at radius 2 is 1.94 bits per heavy atom. The summed E-state index contributed by atoms with van der Waals surface area (Å²) in [6.07, 6.45) is 1.60. The molecular formula is C13H16ClN3O. The minimum absolute atomic E-state index is 0.0878. The number of halogens is 1. The van der Waals surface area contributed by atoms with Gasteiger partial charge in [-0.3, -0.25) is 0 Å². The van der Waals surface area contributed by atoms with Crippen molar-refractivity contribution in [3.63, 3.8) is 0 Å². The summed E-state index contributed by atoms with van der Waals surface area (Å²) >= 11 is 6.14. The van der Waals surface area contributed by atoms with Gasteiger partial charge < -0.3 is 9.67 Å². The molecule has 2 rings (SSSR count). The molecule has 0 unspecified atom stereocenters. The number of hydrogen-bond donors (Lipinski definition) is 1. The number of benzene rings is 1. The monoisotopic (exact) mass is 265 g/mol. The maximum atomic E-state index is 9.23. The molecule has 0 aliphatic carbocycles. The van der Waals surface area contributed by atoms with Gasteiger partial charge in [0.1, 0.15) is 12.4 Å². The summed E-state index contributed by atoms with van der Waals surface area (Å²) < 4.78 is 1.96. The van der Waals surface area contributed by atoms with Crippen molar-refractivity contribution in [3.8, 4) is 0 Å². The summed E-state index contributed by atoms with van der Waals surface area (Å²) in [5, 5.41) is 18.1. The smallest absolute Gasteiger partial charge is 0.158 e. The Bertz CT molecular complexity index is 525. The maximum Gasteiger partial charge on any atom is 0.158 e. The van der Waals surface area contributed by atoms with Crippen molar-refractivity contribution in [3.05, 3.63) is 46.5 Å². The lowest BCUT2D eigenvalue weighted by Gasteiger charge is -2.08. The predicted molar refractivity (Wildman–Crippen MR) is 70.5 cm³/mol. The number of aliphatic hydroxyl groups excluding tert-OH is 1. The number of aliphatic hydroxyl groups is 1. The van der Waals surface area contributed by atoms with Crippen LogP contribution in [0.25, 0.3) is 0 Å². The maximum absolute atomic E-state index is 9.23. The highest BCUT2D eigenvalue weighted by Gasteiger charge is 2.12. The molecule has 1 heterocycles. The summed E-state index contributed by atoms with van der Waals surface area (Å²) in [7, 11) is 0. The summed E-state index contributed by atoms with van der Waals surface area (Å²) in [5.74, 6) is 1.45. The van der Waals surface area contributed by atoms with Gasteiger partial charge in [-0.15, -0.1) is 10.2 Å². The van der Waals surface area contributed by atoms with E-state index in [0.717, 1.165) is 29.4 Å². The highest BCUT2D eigenvalue weighted by atomic mass is 35.5.